The Kier molecular flexibility index (Phi) is 4.62. The van der Waals surface area contributed by atoms with E-state index in [9.17, 15) is 8.42 Å². The molecular weight excluding hydrogens is 269 g/mol. The number of benzene rings is 1. The van der Waals surface area contributed by atoms with Crippen LogP contribution in [0.3, 0.4) is 0 Å². The lowest BCUT2D eigenvalue weighted by atomic mass is 10.2. The van der Waals surface area contributed by atoms with Crippen LogP contribution in [0.15, 0.2) is 18.2 Å². The highest BCUT2D eigenvalue weighted by molar-refractivity contribution is 7.88. The highest BCUT2D eigenvalue weighted by Gasteiger charge is 2.14. The predicted molar refractivity (Wildman–Crippen MR) is 67.4 cm³/mol. The Bertz CT molecular complexity index is 472. The van der Waals surface area contributed by atoms with E-state index in [1.165, 1.54) is 6.07 Å². The maximum absolute atomic E-state index is 11.6. The molecule has 1 aromatic carbocycles. The Balaban J connectivity index is 2.88. The summed E-state index contributed by atoms with van der Waals surface area (Å²) in [5, 5.41) is 0.851. The predicted octanol–water partition coefficient (Wildman–Crippen LogP) is 2.82. The fourth-order valence-corrected chi connectivity index (χ4v) is 3.26. The summed E-state index contributed by atoms with van der Waals surface area (Å²) in [4.78, 5) is 0. The molecule has 0 bridgehead atoms. The van der Waals surface area contributed by atoms with Crippen LogP contribution >= 0.6 is 23.2 Å². The van der Waals surface area contributed by atoms with Gasteiger partial charge in [0.1, 0.15) is 0 Å². The average Bonchev–Trinajstić information content (AvgIpc) is 2.07. The van der Waals surface area contributed by atoms with Crippen molar-refractivity contribution in [1.29, 1.82) is 0 Å². The first-order chi connectivity index (χ1) is 7.30. The largest absolute Gasteiger partial charge is 0.216 e. The zero-order valence-electron chi connectivity index (χ0n) is 9.00. The smallest absolute Gasteiger partial charge is 0.212 e. The molecule has 1 N–H and O–H groups in total. The Morgan fingerprint density at radius 1 is 1.31 bits per heavy atom. The van der Waals surface area contributed by atoms with Gasteiger partial charge in [-0.1, -0.05) is 29.3 Å². The lowest BCUT2D eigenvalue weighted by Gasteiger charge is -2.10. The van der Waals surface area contributed by atoms with Gasteiger partial charge in [0.05, 0.1) is 5.75 Å². The van der Waals surface area contributed by atoms with Crippen molar-refractivity contribution in [3.63, 3.8) is 0 Å². The van der Waals surface area contributed by atoms with Gasteiger partial charge in [-0.3, -0.25) is 0 Å². The van der Waals surface area contributed by atoms with Gasteiger partial charge in [0.2, 0.25) is 10.0 Å². The molecular formula is C10H13Cl2NO2S. The van der Waals surface area contributed by atoms with Crippen molar-refractivity contribution in [3.8, 4) is 0 Å². The van der Waals surface area contributed by atoms with E-state index in [-0.39, 0.29) is 11.8 Å². The van der Waals surface area contributed by atoms with Crippen molar-refractivity contribution >= 4 is 33.2 Å². The molecule has 3 nitrogen and oxygen atoms in total. The quantitative estimate of drug-likeness (QED) is 0.923. The molecule has 0 amide bonds. The van der Waals surface area contributed by atoms with Crippen LogP contribution in [-0.2, 0) is 15.8 Å². The third-order valence-corrected chi connectivity index (χ3v) is 3.88. The second kappa shape index (κ2) is 5.36. The van der Waals surface area contributed by atoms with Gasteiger partial charge in [0, 0.05) is 16.1 Å². The van der Waals surface area contributed by atoms with Crippen LogP contribution in [0.4, 0.5) is 0 Å². The maximum Gasteiger partial charge on any atom is 0.216 e. The van der Waals surface area contributed by atoms with Gasteiger partial charge < -0.3 is 0 Å². The Labute approximate surface area is 106 Å². The van der Waals surface area contributed by atoms with Crippen LogP contribution < -0.4 is 4.72 Å². The third-order valence-electron chi connectivity index (χ3n) is 1.78. The summed E-state index contributed by atoms with van der Waals surface area (Å²) >= 11 is 11.6. The van der Waals surface area contributed by atoms with Crippen LogP contribution in [0, 0.1) is 0 Å². The second-order valence-electron chi connectivity index (χ2n) is 3.77. The lowest BCUT2D eigenvalue weighted by Crippen LogP contribution is -2.31. The molecule has 0 radical (unpaired) electrons. The Morgan fingerprint density at radius 3 is 2.44 bits per heavy atom. The summed E-state index contributed by atoms with van der Waals surface area (Å²) in [6.07, 6.45) is 0. The van der Waals surface area contributed by atoms with Crippen molar-refractivity contribution in [2.75, 3.05) is 0 Å². The molecule has 0 atom stereocenters. The third kappa shape index (κ3) is 4.29. The summed E-state index contributed by atoms with van der Waals surface area (Å²) in [5.41, 5.74) is 0.541. The number of hydrogen-bond donors (Lipinski definition) is 1. The second-order valence-corrected chi connectivity index (χ2v) is 6.36. The average molecular weight is 282 g/mol. The summed E-state index contributed by atoms with van der Waals surface area (Å²) in [5.74, 6) is -0.138. The van der Waals surface area contributed by atoms with Crippen molar-refractivity contribution in [2.45, 2.75) is 25.6 Å². The topological polar surface area (TPSA) is 46.2 Å². The number of hydrogen-bond acceptors (Lipinski definition) is 2. The molecule has 0 fully saturated rings. The molecule has 0 heterocycles. The molecule has 6 heteroatoms. The minimum Gasteiger partial charge on any atom is -0.212 e. The molecule has 0 aliphatic heterocycles. The minimum absolute atomic E-state index is 0.129. The molecule has 16 heavy (non-hydrogen) atoms. The monoisotopic (exact) mass is 281 g/mol. The summed E-state index contributed by atoms with van der Waals surface area (Å²) in [6, 6.07) is 4.64. The summed E-state index contributed by atoms with van der Waals surface area (Å²) in [6.45, 7) is 3.53. The van der Waals surface area contributed by atoms with Crippen molar-refractivity contribution < 1.29 is 8.42 Å². The fourth-order valence-electron chi connectivity index (χ4n) is 1.24. The fraction of sp³-hybridized carbons (Fsp3) is 0.400. The SMILES string of the molecule is CC(C)NS(=O)(=O)Cc1ccc(Cl)cc1Cl. The number of rotatable bonds is 4. The standard InChI is InChI=1S/C10H13Cl2NO2S/c1-7(2)13-16(14,15)6-8-3-4-9(11)5-10(8)12/h3-5,7,13H,6H2,1-2H3. The van der Waals surface area contributed by atoms with Crippen LogP contribution in [-0.4, -0.2) is 14.5 Å². The van der Waals surface area contributed by atoms with Gasteiger partial charge >= 0.3 is 0 Å². The first kappa shape index (κ1) is 13.8. The minimum atomic E-state index is -3.35. The molecule has 0 unspecified atom stereocenters. The summed E-state index contributed by atoms with van der Waals surface area (Å²) < 4.78 is 25.8. The molecule has 1 rings (SSSR count). The van der Waals surface area contributed by atoms with E-state index in [0.29, 0.717) is 15.6 Å². The lowest BCUT2D eigenvalue weighted by molar-refractivity contribution is 0.569. The molecule has 0 aromatic heterocycles. The highest BCUT2D eigenvalue weighted by Crippen LogP contribution is 2.22. The van der Waals surface area contributed by atoms with E-state index in [4.69, 9.17) is 23.2 Å². The van der Waals surface area contributed by atoms with Crippen molar-refractivity contribution in [1.82, 2.24) is 4.72 Å². The van der Waals surface area contributed by atoms with E-state index in [2.05, 4.69) is 4.72 Å². The zero-order valence-corrected chi connectivity index (χ0v) is 11.3. The molecule has 1 aromatic rings. The number of halogens is 2. The van der Waals surface area contributed by atoms with Crippen molar-refractivity contribution in [2.24, 2.45) is 0 Å². The Morgan fingerprint density at radius 2 is 1.94 bits per heavy atom. The zero-order chi connectivity index (χ0) is 12.3. The van der Waals surface area contributed by atoms with E-state index in [0.717, 1.165) is 0 Å². The molecule has 0 aliphatic carbocycles. The summed E-state index contributed by atoms with van der Waals surface area (Å²) in [7, 11) is -3.35. The van der Waals surface area contributed by atoms with Gasteiger partial charge in [-0.2, -0.15) is 0 Å². The van der Waals surface area contributed by atoms with Crippen LogP contribution in [0.25, 0.3) is 0 Å². The molecule has 0 saturated heterocycles. The molecule has 0 spiro atoms. The molecule has 90 valence electrons. The van der Waals surface area contributed by atoms with E-state index >= 15 is 0 Å². The normalized spacial score (nSPS) is 12.1. The van der Waals surface area contributed by atoms with Crippen LogP contribution in [0.1, 0.15) is 19.4 Å². The van der Waals surface area contributed by atoms with Gasteiger partial charge in [-0.25, -0.2) is 13.1 Å². The van der Waals surface area contributed by atoms with Crippen molar-refractivity contribution in [3.05, 3.63) is 33.8 Å². The van der Waals surface area contributed by atoms with E-state index in [1.54, 1.807) is 26.0 Å². The van der Waals surface area contributed by atoms with Crippen LogP contribution in [0.2, 0.25) is 10.0 Å². The van der Waals surface area contributed by atoms with Crippen LogP contribution in [0.5, 0.6) is 0 Å². The van der Waals surface area contributed by atoms with E-state index in [1.807, 2.05) is 0 Å². The number of nitrogens with one attached hydrogen (secondary N) is 1. The van der Waals surface area contributed by atoms with Gasteiger partial charge in [-0.15, -0.1) is 0 Å². The van der Waals surface area contributed by atoms with E-state index < -0.39 is 10.0 Å². The first-order valence-electron chi connectivity index (χ1n) is 4.74. The van der Waals surface area contributed by atoms with Gasteiger partial charge in [-0.05, 0) is 31.5 Å². The van der Waals surface area contributed by atoms with Gasteiger partial charge in [0.15, 0.2) is 0 Å². The first-order valence-corrected chi connectivity index (χ1v) is 7.15. The highest BCUT2D eigenvalue weighted by atomic mass is 35.5. The molecule has 0 aliphatic rings. The number of sulfonamides is 1. The van der Waals surface area contributed by atoms with Gasteiger partial charge in [0.25, 0.3) is 0 Å². The maximum atomic E-state index is 11.6. The molecule has 0 saturated carbocycles. The Hall–Kier alpha value is -0.290.